The van der Waals surface area contributed by atoms with E-state index in [1.165, 1.54) is 0 Å². The van der Waals surface area contributed by atoms with E-state index in [-0.39, 0.29) is 22.4 Å². The van der Waals surface area contributed by atoms with Crippen LogP contribution in [0.5, 0.6) is 0 Å². The lowest BCUT2D eigenvalue weighted by atomic mass is 9.83. The van der Waals surface area contributed by atoms with Gasteiger partial charge in [0.25, 0.3) is 0 Å². The largest absolute Gasteiger partial charge is 0.299 e. The van der Waals surface area contributed by atoms with Crippen molar-refractivity contribution in [3.05, 3.63) is 11.1 Å². The van der Waals surface area contributed by atoms with Crippen molar-refractivity contribution in [1.29, 1.82) is 0 Å². The first kappa shape index (κ1) is 17.1. The highest BCUT2D eigenvalue weighted by Gasteiger charge is 2.24. The van der Waals surface area contributed by atoms with Gasteiger partial charge in [-0.05, 0) is 25.8 Å². The van der Waals surface area contributed by atoms with Crippen molar-refractivity contribution in [3.63, 3.8) is 0 Å². The Balaban J connectivity index is 4.72. The van der Waals surface area contributed by atoms with E-state index in [4.69, 9.17) is 0 Å². The van der Waals surface area contributed by atoms with Gasteiger partial charge in [-0.2, -0.15) is 0 Å². The molecule has 0 bridgehead atoms. The molecule has 0 fully saturated rings. The Morgan fingerprint density at radius 2 is 1.22 bits per heavy atom. The number of carbonyl (C=O) groups excluding carboxylic acids is 2. The van der Waals surface area contributed by atoms with Gasteiger partial charge in [0, 0.05) is 17.3 Å². The predicted molar refractivity (Wildman–Crippen MR) is 76.5 cm³/mol. The molecule has 0 amide bonds. The Kier molecular flexibility index (Phi) is 5.52. The highest BCUT2D eigenvalue weighted by atomic mass is 16.1. The summed E-state index contributed by atoms with van der Waals surface area (Å²) in [5.41, 5.74) is 1.21. The van der Waals surface area contributed by atoms with Gasteiger partial charge in [0.15, 0.2) is 5.78 Å². The van der Waals surface area contributed by atoms with E-state index in [1.807, 2.05) is 55.4 Å². The molecule has 0 aromatic carbocycles. The Morgan fingerprint density at radius 3 is 1.56 bits per heavy atom. The third kappa shape index (κ3) is 5.16. The lowest BCUT2D eigenvalue weighted by Gasteiger charge is -2.20. The van der Waals surface area contributed by atoms with Gasteiger partial charge in [-0.25, -0.2) is 0 Å². The molecular formula is C16H28O2. The lowest BCUT2D eigenvalue weighted by molar-refractivity contribution is -0.126. The van der Waals surface area contributed by atoms with Gasteiger partial charge >= 0.3 is 0 Å². The highest BCUT2D eigenvalue weighted by molar-refractivity contribution is 5.99. The van der Waals surface area contributed by atoms with Gasteiger partial charge in [-0.1, -0.05) is 47.1 Å². The normalized spacial score (nSPS) is 14.2. The average molecular weight is 252 g/mol. The van der Waals surface area contributed by atoms with Crippen LogP contribution in [0.3, 0.4) is 0 Å². The number of carbonyl (C=O) groups is 2. The molecule has 0 aliphatic heterocycles. The lowest BCUT2D eigenvalue weighted by Crippen LogP contribution is -2.22. The zero-order valence-corrected chi connectivity index (χ0v) is 13.2. The second-order valence-corrected chi connectivity index (χ2v) is 7.16. The third-order valence-corrected chi connectivity index (χ3v) is 3.23. The van der Waals surface area contributed by atoms with Crippen LogP contribution in [-0.4, -0.2) is 11.6 Å². The van der Waals surface area contributed by atoms with Crippen LogP contribution >= 0.6 is 0 Å². The summed E-state index contributed by atoms with van der Waals surface area (Å²) in [6, 6.07) is 0. The fraction of sp³-hybridized carbons (Fsp3) is 0.750. The van der Waals surface area contributed by atoms with Crippen LogP contribution in [0.4, 0.5) is 0 Å². The zero-order chi connectivity index (χ0) is 14.7. The quantitative estimate of drug-likeness (QED) is 0.698. The van der Waals surface area contributed by atoms with E-state index >= 15 is 0 Å². The summed E-state index contributed by atoms with van der Waals surface area (Å²) < 4.78 is 0. The smallest absolute Gasteiger partial charge is 0.163 e. The summed E-state index contributed by atoms with van der Waals surface area (Å²) in [6.45, 7) is 15.4. The number of hydrogen-bond donors (Lipinski definition) is 0. The van der Waals surface area contributed by atoms with E-state index in [2.05, 4.69) is 0 Å². The van der Waals surface area contributed by atoms with Crippen LogP contribution in [-0.2, 0) is 9.59 Å². The molecule has 0 aromatic heterocycles. The summed E-state index contributed by atoms with van der Waals surface area (Å²) >= 11 is 0. The van der Waals surface area contributed by atoms with Crippen LogP contribution in [0, 0.1) is 10.8 Å². The second kappa shape index (κ2) is 5.81. The van der Waals surface area contributed by atoms with Gasteiger partial charge in [0.2, 0.25) is 0 Å². The van der Waals surface area contributed by atoms with Crippen molar-refractivity contribution in [2.45, 2.75) is 68.2 Å². The number of rotatable bonds is 4. The third-order valence-electron chi connectivity index (χ3n) is 3.23. The van der Waals surface area contributed by atoms with E-state index in [0.717, 1.165) is 11.1 Å². The first-order valence-corrected chi connectivity index (χ1v) is 6.62. The van der Waals surface area contributed by atoms with Gasteiger partial charge in [0.05, 0.1) is 0 Å². The summed E-state index contributed by atoms with van der Waals surface area (Å²) in [6.07, 6.45) is 1.20. The van der Waals surface area contributed by atoms with E-state index in [0.29, 0.717) is 12.8 Å². The molecule has 0 saturated carbocycles. The van der Waals surface area contributed by atoms with Crippen molar-refractivity contribution in [3.8, 4) is 0 Å². The van der Waals surface area contributed by atoms with Crippen molar-refractivity contribution >= 4 is 11.6 Å². The topological polar surface area (TPSA) is 34.1 Å². The van der Waals surface area contributed by atoms with E-state index < -0.39 is 0 Å². The van der Waals surface area contributed by atoms with Crippen LogP contribution in [0.25, 0.3) is 0 Å². The molecule has 0 unspecified atom stereocenters. The Hall–Kier alpha value is -0.920. The maximum absolute atomic E-state index is 12.1. The molecule has 2 heteroatoms. The minimum Gasteiger partial charge on any atom is -0.299 e. The number of ketones is 2. The molecule has 0 saturated heterocycles. The fourth-order valence-corrected chi connectivity index (χ4v) is 1.62. The Morgan fingerprint density at radius 1 is 0.778 bits per heavy atom. The molecule has 0 atom stereocenters. The number of Topliss-reactive ketones (excluding diaryl/α,β-unsaturated/α-hetero) is 2. The van der Waals surface area contributed by atoms with Gasteiger partial charge in [0.1, 0.15) is 5.78 Å². The fourth-order valence-electron chi connectivity index (χ4n) is 1.62. The number of hydrogen-bond acceptors (Lipinski definition) is 2. The van der Waals surface area contributed by atoms with Crippen LogP contribution < -0.4 is 0 Å². The standard InChI is InChI=1S/C16H28O2/c1-11(9-10-13(17)15(3,4)5)12(2)14(18)16(6,7)8/h9-10H2,1-8H3/b12-11-. The minimum absolute atomic E-state index is 0.170. The molecule has 0 rings (SSSR count). The summed E-state index contributed by atoms with van der Waals surface area (Å²) in [5, 5.41) is 0. The van der Waals surface area contributed by atoms with Crippen LogP contribution in [0.15, 0.2) is 11.1 Å². The van der Waals surface area contributed by atoms with E-state index in [1.54, 1.807) is 0 Å². The SMILES string of the molecule is C/C(CCC(=O)C(C)(C)C)=C(\C)C(=O)C(C)(C)C. The van der Waals surface area contributed by atoms with Gasteiger partial charge in [-0.3, -0.25) is 9.59 Å². The van der Waals surface area contributed by atoms with Crippen LogP contribution in [0.1, 0.15) is 68.2 Å². The summed E-state index contributed by atoms with van der Waals surface area (Å²) in [5.74, 6) is 0.418. The molecule has 0 aliphatic rings. The molecule has 0 N–H and O–H groups in total. The van der Waals surface area contributed by atoms with Crippen LogP contribution in [0.2, 0.25) is 0 Å². The number of allylic oxidation sites excluding steroid dienone is 2. The Labute approximate surface area is 112 Å². The average Bonchev–Trinajstić information content (AvgIpc) is 2.20. The van der Waals surface area contributed by atoms with Crippen molar-refractivity contribution in [2.24, 2.45) is 10.8 Å². The second-order valence-electron chi connectivity index (χ2n) is 7.16. The minimum atomic E-state index is -0.348. The molecule has 0 spiro atoms. The van der Waals surface area contributed by atoms with E-state index in [9.17, 15) is 9.59 Å². The maximum atomic E-state index is 12.1. The molecule has 2 nitrogen and oxygen atoms in total. The zero-order valence-electron chi connectivity index (χ0n) is 13.2. The molecule has 18 heavy (non-hydrogen) atoms. The molecule has 0 aromatic rings. The first-order valence-electron chi connectivity index (χ1n) is 6.62. The predicted octanol–water partition coefficient (Wildman–Crippen LogP) is 4.33. The van der Waals surface area contributed by atoms with Crippen molar-refractivity contribution in [1.82, 2.24) is 0 Å². The maximum Gasteiger partial charge on any atom is 0.163 e. The van der Waals surface area contributed by atoms with Crippen molar-refractivity contribution in [2.75, 3.05) is 0 Å². The van der Waals surface area contributed by atoms with Crippen molar-refractivity contribution < 1.29 is 9.59 Å². The molecule has 0 radical (unpaired) electrons. The Bertz CT molecular complexity index is 360. The van der Waals surface area contributed by atoms with Gasteiger partial charge < -0.3 is 0 Å². The summed E-state index contributed by atoms with van der Waals surface area (Å²) in [4.78, 5) is 24.0. The molecule has 0 heterocycles. The highest BCUT2D eigenvalue weighted by Crippen LogP contribution is 2.25. The monoisotopic (exact) mass is 252 g/mol. The summed E-state index contributed by atoms with van der Waals surface area (Å²) in [7, 11) is 0. The van der Waals surface area contributed by atoms with Gasteiger partial charge in [-0.15, -0.1) is 0 Å². The first-order chi connectivity index (χ1) is 7.87. The molecule has 104 valence electrons. The molecular weight excluding hydrogens is 224 g/mol. The molecule has 0 aliphatic carbocycles.